The normalized spacial score (nSPS) is 10.2. The lowest BCUT2D eigenvalue weighted by atomic mass is 10.2. The molecule has 2 aromatic carbocycles. The van der Waals surface area contributed by atoms with Crippen molar-refractivity contribution in [2.45, 2.75) is 16.7 Å². The summed E-state index contributed by atoms with van der Waals surface area (Å²) in [6.07, 6.45) is 0. The van der Waals surface area contributed by atoms with E-state index in [4.69, 9.17) is 0 Å². The molecule has 0 aliphatic carbocycles. The summed E-state index contributed by atoms with van der Waals surface area (Å²) in [6.45, 7) is 1.97. The summed E-state index contributed by atoms with van der Waals surface area (Å²) in [5, 5.41) is 9.73. The van der Waals surface area contributed by atoms with Crippen molar-refractivity contribution in [1.29, 1.82) is 0 Å². The van der Waals surface area contributed by atoms with Gasteiger partial charge in [0.15, 0.2) is 0 Å². The smallest absolute Gasteiger partial charge is 0.129 e. The SMILES string of the molecule is Cc1ccc(Sc2ccccc2)c(O)c1. The third-order valence-electron chi connectivity index (χ3n) is 2.09. The zero-order chi connectivity index (χ0) is 10.7. The second kappa shape index (κ2) is 4.41. The fraction of sp³-hybridized carbons (Fsp3) is 0.0769. The molecule has 0 atom stereocenters. The largest absolute Gasteiger partial charge is 0.507 e. The van der Waals surface area contributed by atoms with Gasteiger partial charge in [-0.25, -0.2) is 0 Å². The molecule has 0 spiro atoms. The summed E-state index contributed by atoms with van der Waals surface area (Å²) in [7, 11) is 0. The van der Waals surface area contributed by atoms with E-state index in [9.17, 15) is 5.11 Å². The van der Waals surface area contributed by atoms with E-state index in [0.29, 0.717) is 5.75 Å². The van der Waals surface area contributed by atoms with Crippen LogP contribution in [-0.2, 0) is 0 Å². The quantitative estimate of drug-likeness (QED) is 0.822. The molecule has 2 heteroatoms. The van der Waals surface area contributed by atoms with Gasteiger partial charge in [0.05, 0.1) is 4.90 Å². The van der Waals surface area contributed by atoms with E-state index >= 15 is 0 Å². The second-order valence-electron chi connectivity index (χ2n) is 3.39. The Morgan fingerprint density at radius 3 is 2.40 bits per heavy atom. The van der Waals surface area contributed by atoms with Gasteiger partial charge in [-0.15, -0.1) is 0 Å². The van der Waals surface area contributed by atoms with Crippen LogP contribution in [0.2, 0.25) is 0 Å². The maximum Gasteiger partial charge on any atom is 0.129 e. The van der Waals surface area contributed by atoms with Crippen LogP contribution < -0.4 is 0 Å². The molecule has 2 rings (SSSR count). The van der Waals surface area contributed by atoms with Crippen LogP contribution in [0.3, 0.4) is 0 Å². The first-order valence-electron chi connectivity index (χ1n) is 4.78. The molecule has 76 valence electrons. The number of phenolic OH excluding ortho intramolecular Hbond substituents is 1. The summed E-state index contributed by atoms with van der Waals surface area (Å²) in [4.78, 5) is 2.03. The Kier molecular flexibility index (Phi) is 2.97. The highest BCUT2D eigenvalue weighted by molar-refractivity contribution is 7.99. The highest BCUT2D eigenvalue weighted by Gasteiger charge is 2.02. The Labute approximate surface area is 93.8 Å². The van der Waals surface area contributed by atoms with Crippen LogP contribution in [0.5, 0.6) is 5.75 Å². The molecule has 1 N–H and O–H groups in total. The van der Waals surface area contributed by atoms with E-state index in [1.165, 1.54) is 0 Å². The third kappa shape index (κ3) is 2.54. The van der Waals surface area contributed by atoms with Gasteiger partial charge in [0.25, 0.3) is 0 Å². The van der Waals surface area contributed by atoms with Crippen molar-refractivity contribution in [3.8, 4) is 5.75 Å². The fourth-order valence-corrected chi connectivity index (χ4v) is 2.18. The van der Waals surface area contributed by atoms with Crippen LogP contribution >= 0.6 is 11.8 Å². The van der Waals surface area contributed by atoms with Crippen molar-refractivity contribution in [3.05, 3.63) is 54.1 Å². The number of aryl methyl sites for hydroxylation is 1. The summed E-state index contributed by atoms with van der Waals surface area (Å²) in [5.41, 5.74) is 1.07. The van der Waals surface area contributed by atoms with Crippen LogP contribution in [0.25, 0.3) is 0 Å². The van der Waals surface area contributed by atoms with Crippen molar-refractivity contribution in [3.63, 3.8) is 0 Å². The topological polar surface area (TPSA) is 20.2 Å². The van der Waals surface area contributed by atoms with Gasteiger partial charge >= 0.3 is 0 Å². The van der Waals surface area contributed by atoms with Crippen molar-refractivity contribution < 1.29 is 5.11 Å². The molecule has 0 radical (unpaired) electrons. The zero-order valence-electron chi connectivity index (χ0n) is 8.47. The highest BCUT2D eigenvalue weighted by Crippen LogP contribution is 2.34. The molecule has 0 heterocycles. The highest BCUT2D eigenvalue weighted by atomic mass is 32.2. The first kappa shape index (κ1) is 10.1. The lowest BCUT2D eigenvalue weighted by Crippen LogP contribution is -1.77. The first-order valence-corrected chi connectivity index (χ1v) is 5.60. The van der Waals surface area contributed by atoms with E-state index in [2.05, 4.69) is 0 Å². The van der Waals surface area contributed by atoms with Crippen LogP contribution in [0.4, 0.5) is 0 Å². The van der Waals surface area contributed by atoms with E-state index in [1.54, 1.807) is 17.8 Å². The molecule has 0 aliphatic rings. The lowest BCUT2D eigenvalue weighted by molar-refractivity contribution is 0.462. The van der Waals surface area contributed by atoms with Crippen LogP contribution in [0, 0.1) is 6.92 Å². The monoisotopic (exact) mass is 216 g/mol. The molecule has 0 fully saturated rings. The Morgan fingerprint density at radius 1 is 1.00 bits per heavy atom. The first-order chi connectivity index (χ1) is 7.25. The van der Waals surface area contributed by atoms with Crippen molar-refractivity contribution >= 4 is 11.8 Å². The van der Waals surface area contributed by atoms with Gasteiger partial charge in [-0.3, -0.25) is 0 Å². The number of aromatic hydroxyl groups is 1. The van der Waals surface area contributed by atoms with E-state index in [0.717, 1.165) is 15.4 Å². The van der Waals surface area contributed by atoms with E-state index < -0.39 is 0 Å². The number of hydrogen-bond donors (Lipinski definition) is 1. The van der Waals surface area contributed by atoms with Gasteiger partial charge in [-0.05, 0) is 36.8 Å². The van der Waals surface area contributed by atoms with Crippen LogP contribution in [0.15, 0.2) is 58.3 Å². The average molecular weight is 216 g/mol. The number of phenols is 1. The van der Waals surface area contributed by atoms with Crippen LogP contribution in [0.1, 0.15) is 5.56 Å². The lowest BCUT2D eigenvalue weighted by Gasteiger charge is -2.04. The van der Waals surface area contributed by atoms with Gasteiger partial charge in [0, 0.05) is 4.90 Å². The minimum Gasteiger partial charge on any atom is -0.507 e. The summed E-state index contributed by atoms with van der Waals surface area (Å²) >= 11 is 1.57. The summed E-state index contributed by atoms with van der Waals surface area (Å²) < 4.78 is 0. The standard InChI is InChI=1S/C13H12OS/c1-10-7-8-13(12(14)9-10)15-11-5-3-2-4-6-11/h2-9,14H,1H3. The van der Waals surface area contributed by atoms with Gasteiger partial charge in [0.2, 0.25) is 0 Å². The predicted octanol–water partition coefficient (Wildman–Crippen LogP) is 3.85. The molecule has 0 amide bonds. The Bertz CT molecular complexity index is 451. The molecule has 0 unspecified atom stereocenters. The number of rotatable bonds is 2. The third-order valence-corrected chi connectivity index (χ3v) is 3.16. The van der Waals surface area contributed by atoms with Crippen molar-refractivity contribution in [2.24, 2.45) is 0 Å². The minimum atomic E-state index is 0.351. The van der Waals surface area contributed by atoms with Gasteiger partial charge in [-0.2, -0.15) is 0 Å². The maximum absolute atomic E-state index is 9.73. The molecular formula is C13H12OS. The van der Waals surface area contributed by atoms with E-state index in [-0.39, 0.29) is 0 Å². The predicted molar refractivity (Wildman–Crippen MR) is 63.4 cm³/mol. The molecule has 0 aliphatic heterocycles. The van der Waals surface area contributed by atoms with Gasteiger partial charge < -0.3 is 5.11 Å². The average Bonchev–Trinajstić information content (AvgIpc) is 2.24. The fourth-order valence-electron chi connectivity index (χ4n) is 1.33. The van der Waals surface area contributed by atoms with E-state index in [1.807, 2.05) is 49.4 Å². The number of hydrogen-bond acceptors (Lipinski definition) is 2. The van der Waals surface area contributed by atoms with Crippen LogP contribution in [-0.4, -0.2) is 5.11 Å². The molecule has 0 saturated carbocycles. The number of benzene rings is 2. The van der Waals surface area contributed by atoms with Crippen molar-refractivity contribution in [1.82, 2.24) is 0 Å². The maximum atomic E-state index is 9.73. The molecule has 2 aromatic rings. The summed E-state index contributed by atoms with van der Waals surface area (Å²) in [5.74, 6) is 0.351. The Morgan fingerprint density at radius 2 is 1.73 bits per heavy atom. The van der Waals surface area contributed by atoms with Crippen molar-refractivity contribution in [2.75, 3.05) is 0 Å². The molecular weight excluding hydrogens is 204 g/mol. The second-order valence-corrected chi connectivity index (χ2v) is 4.50. The van der Waals surface area contributed by atoms with Gasteiger partial charge in [0.1, 0.15) is 5.75 Å². The van der Waals surface area contributed by atoms with Gasteiger partial charge in [-0.1, -0.05) is 36.0 Å². The summed E-state index contributed by atoms with van der Waals surface area (Å²) in [6, 6.07) is 15.8. The Balaban J connectivity index is 2.25. The Hall–Kier alpha value is -1.41. The molecule has 0 aromatic heterocycles. The minimum absolute atomic E-state index is 0.351. The molecule has 0 saturated heterocycles. The molecule has 1 nitrogen and oxygen atoms in total. The molecule has 0 bridgehead atoms. The zero-order valence-corrected chi connectivity index (χ0v) is 9.29. The molecule has 15 heavy (non-hydrogen) atoms.